The third kappa shape index (κ3) is 6.03. The molecule has 8 heteroatoms. The lowest BCUT2D eigenvalue weighted by Gasteiger charge is -2.44. The first kappa shape index (κ1) is 30.0. The van der Waals surface area contributed by atoms with Crippen molar-refractivity contribution < 1.29 is 22.7 Å². The number of benzene rings is 1. The number of aliphatic hydroxyl groups is 1. The zero-order valence-corrected chi connectivity index (χ0v) is 26.8. The van der Waals surface area contributed by atoms with Crippen molar-refractivity contribution in [2.75, 3.05) is 0 Å². The van der Waals surface area contributed by atoms with Gasteiger partial charge in [-0.25, -0.2) is 0 Å². The summed E-state index contributed by atoms with van der Waals surface area (Å²) in [7, 11) is -2.12. The number of aliphatic hydroxyl groups excluding tert-OH is 1. The van der Waals surface area contributed by atoms with Crippen LogP contribution in [-0.2, 0) is 17.0 Å². The molecule has 0 spiro atoms. The number of pyridine rings is 1. The Morgan fingerprint density at radius 1 is 1.08 bits per heavy atom. The quantitative estimate of drug-likeness (QED) is 0.257. The largest absolute Gasteiger partial charge is 0.416 e. The van der Waals surface area contributed by atoms with Crippen LogP contribution < -0.4 is 0 Å². The lowest BCUT2D eigenvalue weighted by molar-refractivity contribution is -0.137. The van der Waals surface area contributed by atoms with E-state index < -0.39 is 26.2 Å². The zero-order valence-electron chi connectivity index (χ0n) is 23.6. The highest BCUT2D eigenvalue weighted by molar-refractivity contribution is 14.1. The molecule has 0 saturated heterocycles. The van der Waals surface area contributed by atoms with Crippen LogP contribution in [0, 0.1) is 8.99 Å². The molecule has 3 nitrogen and oxygen atoms in total. The Balaban J connectivity index is 1.87. The molecule has 1 fully saturated rings. The predicted molar refractivity (Wildman–Crippen MR) is 157 cm³/mol. The summed E-state index contributed by atoms with van der Waals surface area (Å²) in [6, 6.07) is 4.90. The topological polar surface area (TPSA) is 42.4 Å². The molecule has 2 aromatic rings. The summed E-state index contributed by atoms with van der Waals surface area (Å²) in [4.78, 5) is 5.29. The van der Waals surface area contributed by atoms with Crippen molar-refractivity contribution in [3.63, 3.8) is 0 Å². The molecule has 0 radical (unpaired) electrons. The van der Waals surface area contributed by atoms with Gasteiger partial charge in [-0.05, 0) is 89.5 Å². The van der Waals surface area contributed by atoms with Crippen molar-refractivity contribution in [1.29, 1.82) is 0 Å². The van der Waals surface area contributed by atoms with E-state index in [2.05, 4.69) is 70.3 Å². The molecule has 4 rings (SSSR count). The third-order valence-electron chi connectivity index (χ3n) is 8.83. The van der Waals surface area contributed by atoms with E-state index >= 15 is 0 Å². The van der Waals surface area contributed by atoms with Gasteiger partial charge in [0.1, 0.15) is 6.10 Å². The summed E-state index contributed by atoms with van der Waals surface area (Å²) in [6.07, 6.45) is 0.378. The van der Waals surface area contributed by atoms with Crippen LogP contribution >= 0.6 is 22.6 Å². The van der Waals surface area contributed by atoms with Gasteiger partial charge in [0.15, 0.2) is 8.32 Å². The summed E-state index contributed by atoms with van der Waals surface area (Å²) in [5.41, 5.74) is 3.55. The van der Waals surface area contributed by atoms with E-state index in [9.17, 15) is 18.3 Å². The lowest BCUT2D eigenvalue weighted by atomic mass is 9.74. The first-order valence-corrected chi connectivity index (χ1v) is 17.6. The highest BCUT2D eigenvalue weighted by Crippen LogP contribution is 2.51. The summed E-state index contributed by atoms with van der Waals surface area (Å²) in [5, 5.41) is 11.7. The summed E-state index contributed by atoms with van der Waals surface area (Å²) < 4.78 is 47.6. The maximum Gasteiger partial charge on any atom is 0.416 e. The fourth-order valence-corrected chi connectivity index (χ4v) is 8.16. The Bertz CT molecular complexity index is 1170. The van der Waals surface area contributed by atoms with Gasteiger partial charge in [-0.3, -0.25) is 4.98 Å². The van der Waals surface area contributed by atoms with Gasteiger partial charge in [-0.2, -0.15) is 13.2 Å². The smallest absolute Gasteiger partial charge is 0.410 e. The summed E-state index contributed by atoms with van der Waals surface area (Å²) in [5.74, 6) is 0.248. The molecule has 1 N–H and O–H groups in total. The molecular formula is C30H41F3INO2Si. The molecule has 2 atom stereocenters. The Hall–Kier alpha value is -0.973. The van der Waals surface area contributed by atoms with Crippen molar-refractivity contribution in [2.24, 2.45) is 5.41 Å². The van der Waals surface area contributed by atoms with Crippen molar-refractivity contribution >= 4 is 30.9 Å². The summed E-state index contributed by atoms with van der Waals surface area (Å²) in [6.45, 7) is 15.8. The molecule has 2 aliphatic rings. The maximum atomic E-state index is 13.2. The number of nitrogens with zero attached hydrogens (tertiary/aromatic N) is 1. The third-order valence-corrected chi connectivity index (χ3v) is 14.5. The summed E-state index contributed by atoms with van der Waals surface area (Å²) >= 11 is 2.35. The number of halogens is 4. The predicted octanol–water partition coefficient (Wildman–Crippen LogP) is 9.48. The van der Waals surface area contributed by atoms with Crippen molar-refractivity contribution in [1.82, 2.24) is 4.98 Å². The Kier molecular flexibility index (Phi) is 8.25. The highest BCUT2D eigenvalue weighted by Gasteiger charge is 2.45. The average molecular weight is 660 g/mol. The number of alkyl halides is 3. The molecule has 0 amide bonds. The van der Waals surface area contributed by atoms with Gasteiger partial charge in [-0.1, -0.05) is 59.6 Å². The van der Waals surface area contributed by atoms with E-state index in [4.69, 9.17) is 9.41 Å². The number of fused-ring (bicyclic) bond motifs is 1. The minimum atomic E-state index is -4.42. The van der Waals surface area contributed by atoms with E-state index in [1.807, 2.05) is 0 Å². The van der Waals surface area contributed by atoms with E-state index in [1.54, 1.807) is 0 Å². The highest BCUT2D eigenvalue weighted by atomic mass is 127. The van der Waals surface area contributed by atoms with E-state index in [1.165, 1.54) is 12.1 Å². The van der Waals surface area contributed by atoms with Gasteiger partial charge < -0.3 is 9.53 Å². The Morgan fingerprint density at radius 3 is 2.18 bits per heavy atom. The minimum Gasteiger partial charge on any atom is -0.410 e. The van der Waals surface area contributed by atoms with E-state index in [0.29, 0.717) is 5.56 Å². The standard InChI is InChI=1S/C30H41F3INO2Si/c1-28(2,3)38(6,7)37-22-17-29(4,5)16-21-23(22)25(34)24(26(35-21)18-10-8-9-11-18)27(36)19-12-14-20(15-13-19)30(31,32)33/h12-15,18,22,27,36H,8-11,16-17H2,1-7H3/t22-,27?/m1/s1. The van der Waals surface area contributed by atoms with E-state index in [0.717, 1.165) is 76.7 Å². The molecule has 0 aliphatic heterocycles. The second kappa shape index (κ2) is 10.5. The lowest BCUT2D eigenvalue weighted by Crippen LogP contribution is -2.44. The van der Waals surface area contributed by atoms with Gasteiger partial charge in [-0.15, -0.1) is 0 Å². The maximum absolute atomic E-state index is 13.2. The fraction of sp³-hybridized carbons (Fsp3) is 0.633. The van der Waals surface area contributed by atoms with E-state index in [-0.39, 0.29) is 22.5 Å². The second-order valence-electron chi connectivity index (χ2n) is 13.5. The molecule has 1 saturated carbocycles. The van der Waals surface area contributed by atoms with Crippen LogP contribution in [0.4, 0.5) is 13.2 Å². The molecule has 210 valence electrons. The Morgan fingerprint density at radius 2 is 1.66 bits per heavy atom. The number of hydrogen-bond donors (Lipinski definition) is 1. The SMILES string of the molecule is CC1(C)Cc2nc(C3CCCC3)c(C(O)c3ccc(C(F)(F)F)cc3)c(I)c2[C@H](O[Si](C)(C)C(C)(C)C)C1. The van der Waals surface area contributed by atoms with Gasteiger partial charge in [0, 0.05) is 26.3 Å². The molecule has 1 heterocycles. The van der Waals surface area contributed by atoms with Crippen LogP contribution in [0.15, 0.2) is 24.3 Å². The number of rotatable bonds is 5. The Labute approximate surface area is 240 Å². The molecule has 1 aromatic carbocycles. The molecular weight excluding hydrogens is 618 g/mol. The van der Waals surface area contributed by atoms with Crippen LogP contribution in [0.5, 0.6) is 0 Å². The second-order valence-corrected chi connectivity index (χ2v) is 19.3. The van der Waals surface area contributed by atoms with Gasteiger partial charge >= 0.3 is 6.18 Å². The van der Waals surface area contributed by atoms with Crippen molar-refractivity contribution in [2.45, 2.75) is 116 Å². The first-order chi connectivity index (χ1) is 17.4. The molecule has 2 aliphatic carbocycles. The van der Waals surface area contributed by atoms with Crippen LogP contribution in [0.25, 0.3) is 0 Å². The minimum absolute atomic E-state index is 0.0244. The van der Waals surface area contributed by atoms with Crippen LogP contribution in [-0.4, -0.2) is 18.4 Å². The zero-order chi connectivity index (χ0) is 28.3. The average Bonchev–Trinajstić information content (AvgIpc) is 3.30. The van der Waals surface area contributed by atoms with Crippen LogP contribution in [0.3, 0.4) is 0 Å². The first-order valence-electron chi connectivity index (χ1n) is 13.7. The van der Waals surface area contributed by atoms with Gasteiger partial charge in [0.2, 0.25) is 0 Å². The van der Waals surface area contributed by atoms with Crippen molar-refractivity contribution in [3.8, 4) is 0 Å². The van der Waals surface area contributed by atoms with Gasteiger partial charge in [0.05, 0.1) is 17.4 Å². The van der Waals surface area contributed by atoms with Gasteiger partial charge in [0.25, 0.3) is 0 Å². The van der Waals surface area contributed by atoms with Crippen LogP contribution in [0.1, 0.15) is 118 Å². The molecule has 38 heavy (non-hydrogen) atoms. The molecule has 1 aromatic heterocycles. The monoisotopic (exact) mass is 659 g/mol. The molecule has 0 bridgehead atoms. The fourth-order valence-electron chi connectivity index (χ4n) is 5.67. The van der Waals surface area contributed by atoms with Crippen molar-refractivity contribution in [3.05, 3.63) is 61.5 Å². The molecule has 1 unspecified atom stereocenters. The van der Waals surface area contributed by atoms with Crippen LogP contribution in [0.2, 0.25) is 18.1 Å². The number of aromatic nitrogens is 1. The normalized spacial score (nSPS) is 21.4. The number of hydrogen-bond acceptors (Lipinski definition) is 3.